The van der Waals surface area contributed by atoms with E-state index in [0.29, 0.717) is 19.6 Å². The zero-order chi connectivity index (χ0) is 22.6. The Labute approximate surface area is 188 Å². The number of rotatable bonds is 6. The Kier molecular flexibility index (Phi) is 6.74. The molecule has 168 valence electrons. The number of hydrogen-bond acceptors (Lipinski definition) is 4. The van der Waals surface area contributed by atoms with Crippen LogP contribution in [0.2, 0.25) is 0 Å². The maximum absolute atomic E-state index is 13.3. The van der Waals surface area contributed by atoms with Crippen LogP contribution in [0.5, 0.6) is 0 Å². The van der Waals surface area contributed by atoms with E-state index >= 15 is 0 Å². The topological polar surface area (TPSA) is 95.7 Å². The molecular weight excluding hydrogens is 424 g/mol. The molecule has 0 spiro atoms. The molecule has 3 N–H and O–H groups in total. The number of hydrogen-bond donors (Lipinski definition) is 2. The van der Waals surface area contributed by atoms with E-state index in [1.54, 1.807) is 23.1 Å². The SMILES string of the molecule is NCc1ccc(CN(NS(=O)(=O)c2ccc3ccccc3c2)C(=O)N2CCCCC2)cc1. The minimum absolute atomic E-state index is 0.117. The Bertz CT molecular complexity index is 1190. The summed E-state index contributed by atoms with van der Waals surface area (Å²) in [7, 11) is -3.96. The zero-order valence-corrected chi connectivity index (χ0v) is 18.7. The molecule has 0 bridgehead atoms. The minimum Gasteiger partial charge on any atom is -0.326 e. The standard InChI is InChI=1S/C24H28N4O3S/c25-17-19-8-10-20(11-9-19)18-28(24(29)27-14-4-1-5-15-27)26-32(30,31)23-13-12-21-6-2-3-7-22(21)16-23/h2-3,6-13,16,26H,1,4-5,14-15,17-18,25H2. The molecule has 0 saturated carbocycles. The van der Waals surface area contributed by atoms with Gasteiger partial charge in [-0.3, -0.25) is 0 Å². The van der Waals surface area contributed by atoms with E-state index in [2.05, 4.69) is 4.83 Å². The van der Waals surface area contributed by atoms with Gasteiger partial charge in [0.15, 0.2) is 0 Å². The first-order valence-corrected chi connectivity index (χ1v) is 12.3. The third-order valence-corrected chi connectivity index (χ3v) is 7.05. The van der Waals surface area contributed by atoms with E-state index < -0.39 is 10.0 Å². The molecule has 3 aromatic rings. The molecule has 1 saturated heterocycles. The second-order valence-electron chi connectivity index (χ2n) is 8.04. The maximum atomic E-state index is 13.3. The van der Waals surface area contributed by atoms with Gasteiger partial charge in [0.25, 0.3) is 10.0 Å². The fourth-order valence-corrected chi connectivity index (χ4v) is 4.96. The lowest BCUT2D eigenvalue weighted by atomic mass is 10.1. The lowest BCUT2D eigenvalue weighted by Crippen LogP contribution is -2.52. The number of fused-ring (bicyclic) bond motifs is 1. The van der Waals surface area contributed by atoms with Crippen LogP contribution in [0.4, 0.5) is 4.79 Å². The van der Waals surface area contributed by atoms with Gasteiger partial charge in [-0.05, 0) is 53.3 Å². The summed E-state index contributed by atoms with van der Waals surface area (Å²) in [6, 6.07) is 19.7. The third-order valence-electron chi connectivity index (χ3n) is 5.72. The van der Waals surface area contributed by atoms with Gasteiger partial charge in [-0.25, -0.2) is 18.2 Å². The van der Waals surface area contributed by atoms with Crippen molar-refractivity contribution in [2.24, 2.45) is 5.73 Å². The molecule has 1 heterocycles. The molecule has 1 aliphatic heterocycles. The number of carbonyl (C=O) groups excluding carboxylic acids is 1. The first-order chi connectivity index (χ1) is 15.5. The molecular formula is C24H28N4O3S. The summed E-state index contributed by atoms with van der Waals surface area (Å²) in [6.45, 7) is 1.79. The van der Waals surface area contributed by atoms with E-state index in [1.165, 1.54) is 5.01 Å². The van der Waals surface area contributed by atoms with E-state index in [0.717, 1.165) is 41.2 Å². The second kappa shape index (κ2) is 9.68. The molecule has 8 heteroatoms. The van der Waals surface area contributed by atoms with Crippen molar-refractivity contribution in [2.45, 2.75) is 37.2 Å². The summed E-state index contributed by atoms with van der Waals surface area (Å²) >= 11 is 0. The van der Waals surface area contributed by atoms with Gasteiger partial charge in [0.2, 0.25) is 0 Å². The molecule has 0 atom stereocenters. The monoisotopic (exact) mass is 452 g/mol. The third kappa shape index (κ3) is 5.09. The van der Waals surface area contributed by atoms with E-state index in [-0.39, 0.29) is 17.5 Å². The van der Waals surface area contributed by atoms with Gasteiger partial charge in [-0.1, -0.05) is 54.6 Å². The van der Waals surface area contributed by atoms with E-state index in [4.69, 9.17) is 5.73 Å². The van der Waals surface area contributed by atoms with Crippen LogP contribution in [0, 0.1) is 0 Å². The first kappa shape index (κ1) is 22.3. The summed E-state index contributed by atoms with van der Waals surface area (Å²) in [4.78, 5) is 17.6. The van der Waals surface area contributed by atoms with Gasteiger partial charge >= 0.3 is 6.03 Å². The van der Waals surface area contributed by atoms with Crippen molar-refractivity contribution in [2.75, 3.05) is 13.1 Å². The normalized spacial score (nSPS) is 14.5. The number of benzene rings is 3. The molecule has 0 unspecified atom stereocenters. The van der Waals surface area contributed by atoms with E-state index in [1.807, 2.05) is 48.5 Å². The van der Waals surface area contributed by atoms with Crippen molar-refractivity contribution in [3.05, 3.63) is 77.9 Å². The average Bonchev–Trinajstić information content (AvgIpc) is 2.83. The van der Waals surface area contributed by atoms with Crippen molar-refractivity contribution in [3.8, 4) is 0 Å². The molecule has 0 radical (unpaired) electrons. The number of urea groups is 1. The van der Waals surface area contributed by atoms with Crippen LogP contribution in [0.1, 0.15) is 30.4 Å². The largest absolute Gasteiger partial charge is 0.335 e. The Balaban J connectivity index is 1.61. The van der Waals surface area contributed by atoms with Gasteiger partial charge in [0.05, 0.1) is 11.4 Å². The fourth-order valence-electron chi connectivity index (χ4n) is 3.89. The molecule has 2 amide bonds. The summed E-state index contributed by atoms with van der Waals surface area (Å²) in [5, 5.41) is 2.97. The van der Waals surface area contributed by atoms with Crippen LogP contribution >= 0.6 is 0 Å². The van der Waals surface area contributed by atoms with Crippen molar-refractivity contribution < 1.29 is 13.2 Å². The molecule has 32 heavy (non-hydrogen) atoms. The van der Waals surface area contributed by atoms with Crippen molar-refractivity contribution >= 4 is 26.8 Å². The molecule has 3 aromatic carbocycles. The molecule has 0 aliphatic carbocycles. The number of nitrogens with one attached hydrogen (secondary N) is 1. The quantitative estimate of drug-likeness (QED) is 0.559. The first-order valence-electron chi connectivity index (χ1n) is 10.8. The summed E-state index contributed by atoms with van der Waals surface area (Å²) < 4.78 is 26.4. The average molecular weight is 453 g/mol. The lowest BCUT2D eigenvalue weighted by molar-refractivity contribution is 0.132. The second-order valence-corrected chi connectivity index (χ2v) is 9.70. The Morgan fingerprint density at radius 3 is 2.25 bits per heavy atom. The lowest BCUT2D eigenvalue weighted by Gasteiger charge is -2.33. The van der Waals surface area contributed by atoms with Crippen LogP contribution in [0.25, 0.3) is 10.8 Å². The number of amides is 2. The van der Waals surface area contributed by atoms with Crippen LogP contribution in [0.3, 0.4) is 0 Å². The van der Waals surface area contributed by atoms with Crippen molar-refractivity contribution in [3.63, 3.8) is 0 Å². The van der Waals surface area contributed by atoms with Gasteiger partial charge < -0.3 is 10.6 Å². The van der Waals surface area contributed by atoms with Gasteiger partial charge in [0.1, 0.15) is 0 Å². The van der Waals surface area contributed by atoms with Crippen LogP contribution in [0.15, 0.2) is 71.6 Å². The number of nitrogens with zero attached hydrogens (tertiary/aromatic N) is 2. The van der Waals surface area contributed by atoms with Gasteiger partial charge in [-0.15, -0.1) is 4.83 Å². The van der Waals surface area contributed by atoms with Gasteiger partial charge in [0, 0.05) is 19.6 Å². The molecule has 0 aromatic heterocycles. The number of carbonyl (C=O) groups is 1. The van der Waals surface area contributed by atoms with Crippen LogP contribution in [-0.4, -0.2) is 37.4 Å². The number of nitrogens with two attached hydrogens (primary N) is 1. The highest BCUT2D eigenvalue weighted by Crippen LogP contribution is 2.20. The van der Waals surface area contributed by atoms with Crippen LogP contribution in [-0.2, 0) is 23.1 Å². The molecule has 1 aliphatic rings. The summed E-state index contributed by atoms with van der Waals surface area (Å²) in [6.07, 6.45) is 2.91. The Morgan fingerprint density at radius 2 is 1.56 bits per heavy atom. The van der Waals surface area contributed by atoms with E-state index in [9.17, 15) is 13.2 Å². The Morgan fingerprint density at radius 1 is 0.906 bits per heavy atom. The fraction of sp³-hybridized carbons (Fsp3) is 0.292. The highest BCUT2D eigenvalue weighted by atomic mass is 32.2. The molecule has 4 rings (SSSR count). The highest BCUT2D eigenvalue weighted by Gasteiger charge is 2.27. The number of piperidine rings is 1. The summed E-state index contributed by atoms with van der Waals surface area (Å²) in [5.74, 6) is 0. The highest BCUT2D eigenvalue weighted by molar-refractivity contribution is 7.89. The summed E-state index contributed by atoms with van der Waals surface area (Å²) in [5.41, 5.74) is 7.46. The van der Waals surface area contributed by atoms with Crippen LogP contribution < -0.4 is 10.6 Å². The molecule has 1 fully saturated rings. The van der Waals surface area contributed by atoms with Crippen molar-refractivity contribution in [1.82, 2.24) is 14.7 Å². The number of sulfonamides is 1. The minimum atomic E-state index is -3.96. The van der Waals surface area contributed by atoms with Gasteiger partial charge in [-0.2, -0.15) is 0 Å². The zero-order valence-electron chi connectivity index (χ0n) is 17.9. The maximum Gasteiger partial charge on any atom is 0.335 e. The van der Waals surface area contributed by atoms with Crippen molar-refractivity contribution in [1.29, 1.82) is 0 Å². The molecule has 7 nitrogen and oxygen atoms in total. The Hall–Kier alpha value is -2.94. The number of likely N-dealkylation sites (tertiary alicyclic amines) is 1. The predicted molar refractivity (Wildman–Crippen MR) is 125 cm³/mol. The predicted octanol–water partition coefficient (Wildman–Crippen LogP) is 3.60. The smallest absolute Gasteiger partial charge is 0.326 e. The number of hydrazine groups is 1.